The van der Waals surface area contributed by atoms with Crippen molar-refractivity contribution in [3.05, 3.63) is 65.5 Å². The van der Waals surface area contributed by atoms with Gasteiger partial charge in [0.15, 0.2) is 0 Å². The maximum absolute atomic E-state index is 11.5. The minimum Gasteiger partial charge on any atom is -0.464 e. The summed E-state index contributed by atoms with van der Waals surface area (Å²) < 4.78 is 9.68. The summed E-state index contributed by atoms with van der Waals surface area (Å²) in [6.07, 6.45) is 4.73. The van der Waals surface area contributed by atoms with Crippen molar-refractivity contribution in [2.45, 2.75) is 6.61 Å². The molecule has 6 nitrogen and oxygen atoms in total. The number of alkyl carbamates (subject to hydrolysis) is 1. The van der Waals surface area contributed by atoms with Crippen LogP contribution in [0.25, 0.3) is 6.08 Å². The predicted molar refractivity (Wildman–Crippen MR) is 85.8 cm³/mol. The number of methoxy groups -OCH3 is 1. The molecule has 0 fully saturated rings. The molecule has 0 saturated carbocycles. The molecule has 2 aromatic rings. The van der Waals surface area contributed by atoms with E-state index in [1.165, 1.54) is 7.11 Å². The first kappa shape index (κ1) is 16.4. The largest absolute Gasteiger partial charge is 0.464 e. The molecule has 6 heteroatoms. The maximum atomic E-state index is 11.5. The van der Waals surface area contributed by atoms with Gasteiger partial charge < -0.3 is 19.8 Å². The molecule has 120 valence electrons. The van der Waals surface area contributed by atoms with Gasteiger partial charge in [-0.1, -0.05) is 42.5 Å². The Bertz CT molecular complexity index is 677. The van der Waals surface area contributed by atoms with E-state index in [2.05, 4.69) is 15.0 Å². The normalized spacial score (nSPS) is 10.5. The van der Waals surface area contributed by atoms with Crippen molar-refractivity contribution >= 4 is 18.1 Å². The van der Waals surface area contributed by atoms with Gasteiger partial charge in [0.2, 0.25) is 0 Å². The number of ether oxygens (including phenoxy) is 2. The Labute approximate surface area is 134 Å². The van der Waals surface area contributed by atoms with Crippen LogP contribution in [0, 0.1) is 0 Å². The van der Waals surface area contributed by atoms with E-state index in [9.17, 15) is 9.59 Å². The minimum atomic E-state index is -0.483. The van der Waals surface area contributed by atoms with Crippen LogP contribution < -0.4 is 5.32 Å². The van der Waals surface area contributed by atoms with Gasteiger partial charge in [-0.05, 0) is 17.2 Å². The summed E-state index contributed by atoms with van der Waals surface area (Å²) in [5.74, 6) is -0.424. The number of benzene rings is 1. The molecule has 1 amide bonds. The quantitative estimate of drug-likeness (QED) is 0.803. The van der Waals surface area contributed by atoms with Crippen LogP contribution in [0.1, 0.15) is 21.6 Å². The molecule has 1 heterocycles. The van der Waals surface area contributed by atoms with Gasteiger partial charge in [0.05, 0.1) is 7.11 Å². The molecule has 0 unspecified atom stereocenters. The van der Waals surface area contributed by atoms with Crippen molar-refractivity contribution in [1.82, 2.24) is 10.3 Å². The van der Waals surface area contributed by atoms with E-state index in [1.54, 1.807) is 24.4 Å². The molecule has 0 saturated heterocycles. The lowest BCUT2D eigenvalue weighted by Gasteiger charge is -2.05. The van der Waals surface area contributed by atoms with E-state index in [4.69, 9.17) is 4.74 Å². The molecule has 23 heavy (non-hydrogen) atoms. The molecule has 0 spiro atoms. The smallest absolute Gasteiger partial charge is 0.407 e. The van der Waals surface area contributed by atoms with Crippen molar-refractivity contribution in [1.29, 1.82) is 0 Å². The molecule has 2 rings (SSSR count). The molecule has 0 aliphatic heterocycles. The van der Waals surface area contributed by atoms with Crippen molar-refractivity contribution in [2.24, 2.45) is 0 Å². The Balaban J connectivity index is 1.70. The second-order valence-corrected chi connectivity index (χ2v) is 4.68. The van der Waals surface area contributed by atoms with Gasteiger partial charge in [-0.3, -0.25) is 0 Å². The summed E-state index contributed by atoms with van der Waals surface area (Å²) >= 11 is 0. The summed E-state index contributed by atoms with van der Waals surface area (Å²) in [5, 5.41) is 2.61. The Morgan fingerprint density at radius 2 is 2.04 bits per heavy atom. The Morgan fingerprint density at radius 1 is 1.26 bits per heavy atom. The summed E-state index contributed by atoms with van der Waals surface area (Å²) in [4.78, 5) is 25.6. The fourth-order valence-electron chi connectivity index (χ4n) is 1.85. The number of rotatable bonds is 6. The van der Waals surface area contributed by atoms with Gasteiger partial charge in [0.1, 0.15) is 12.3 Å². The van der Waals surface area contributed by atoms with Crippen molar-refractivity contribution in [2.75, 3.05) is 13.7 Å². The van der Waals surface area contributed by atoms with Crippen LogP contribution in [-0.4, -0.2) is 30.7 Å². The molecule has 0 aliphatic carbocycles. The molecular weight excluding hydrogens is 296 g/mol. The van der Waals surface area contributed by atoms with E-state index in [1.807, 2.05) is 30.3 Å². The highest BCUT2D eigenvalue weighted by molar-refractivity contribution is 5.88. The second-order valence-electron chi connectivity index (χ2n) is 4.68. The average Bonchev–Trinajstić information content (AvgIpc) is 3.06. The molecule has 1 aromatic carbocycles. The van der Waals surface area contributed by atoms with Crippen molar-refractivity contribution < 1.29 is 19.1 Å². The highest BCUT2D eigenvalue weighted by atomic mass is 16.5. The Hall–Kier alpha value is -3.02. The molecule has 0 radical (unpaired) electrons. The van der Waals surface area contributed by atoms with Crippen LogP contribution in [0.4, 0.5) is 4.79 Å². The number of hydrogen-bond donors (Lipinski definition) is 2. The second kappa shape index (κ2) is 8.43. The number of amides is 1. The van der Waals surface area contributed by atoms with Crippen LogP contribution in [0.3, 0.4) is 0 Å². The number of H-pyrrole nitrogens is 1. The van der Waals surface area contributed by atoms with Gasteiger partial charge in [-0.15, -0.1) is 0 Å². The van der Waals surface area contributed by atoms with Crippen LogP contribution in [0.5, 0.6) is 0 Å². The summed E-state index contributed by atoms with van der Waals surface area (Å²) in [6, 6.07) is 11.1. The zero-order chi connectivity index (χ0) is 16.5. The topological polar surface area (TPSA) is 80.4 Å². The van der Waals surface area contributed by atoms with E-state index in [0.29, 0.717) is 12.2 Å². The Morgan fingerprint density at radius 3 is 2.78 bits per heavy atom. The van der Waals surface area contributed by atoms with Crippen LogP contribution in [0.2, 0.25) is 0 Å². The monoisotopic (exact) mass is 314 g/mol. The van der Waals surface area contributed by atoms with Gasteiger partial charge in [-0.25, -0.2) is 9.59 Å². The molecule has 0 atom stereocenters. The number of aromatic amines is 1. The lowest BCUT2D eigenvalue weighted by atomic mass is 10.2. The summed E-state index contributed by atoms with van der Waals surface area (Å²) in [6.45, 7) is 0.559. The van der Waals surface area contributed by atoms with Gasteiger partial charge in [0, 0.05) is 12.7 Å². The number of hydrogen-bond acceptors (Lipinski definition) is 4. The number of esters is 1. The molecule has 2 N–H and O–H groups in total. The number of aromatic nitrogens is 1. The van der Waals surface area contributed by atoms with Crippen molar-refractivity contribution in [3.8, 4) is 0 Å². The third kappa shape index (κ3) is 5.35. The number of nitrogens with one attached hydrogen (secondary N) is 2. The van der Waals surface area contributed by atoms with Gasteiger partial charge in [-0.2, -0.15) is 0 Å². The third-order valence-corrected chi connectivity index (χ3v) is 3.00. The molecular formula is C17H18N2O4. The molecule has 1 aromatic heterocycles. The fourth-order valence-corrected chi connectivity index (χ4v) is 1.85. The first-order chi connectivity index (χ1) is 11.2. The third-order valence-electron chi connectivity index (χ3n) is 3.00. The number of carbonyl (C=O) groups excluding carboxylic acids is 2. The van der Waals surface area contributed by atoms with E-state index >= 15 is 0 Å². The van der Waals surface area contributed by atoms with E-state index < -0.39 is 12.1 Å². The maximum Gasteiger partial charge on any atom is 0.407 e. The van der Waals surface area contributed by atoms with Gasteiger partial charge >= 0.3 is 12.1 Å². The zero-order valence-electron chi connectivity index (χ0n) is 12.7. The first-order valence-corrected chi connectivity index (χ1v) is 7.07. The lowest BCUT2D eigenvalue weighted by Crippen LogP contribution is -2.24. The van der Waals surface area contributed by atoms with Crippen LogP contribution in [0.15, 0.2) is 48.7 Å². The highest BCUT2D eigenvalue weighted by Gasteiger charge is 2.06. The van der Waals surface area contributed by atoms with Crippen molar-refractivity contribution in [3.63, 3.8) is 0 Å². The van der Waals surface area contributed by atoms with E-state index in [0.717, 1.165) is 11.1 Å². The lowest BCUT2D eigenvalue weighted by molar-refractivity contribution is 0.0594. The zero-order valence-corrected chi connectivity index (χ0v) is 12.7. The predicted octanol–water partition coefficient (Wildman–Crippen LogP) is 2.74. The summed E-state index contributed by atoms with van der Waals surface area (Å²) in [7, 11) is 1.32. The molecule has 0 aliphatic rings. The first-order valence-electron chi connectivity index (χ1n) is 7.07. The fraction of sp³-hybridized carbons (Fsp3) is 0.176. The SMILES string of the molecule is COC(=O)c1cc(C=CCNC(=O)OCc2ccccc2)c[nH]1. The Kier molecular flexibility index (Phi) is 5.99. The average molecular weight is 314 g/mol. The number of carbonyl (C=O) groups is 2. The van der Waals surface area contributed by atoms with E-state index in [-0.39, 0.29) is 6.61 Å². The van der Waals surface area contributed by atoms with Crippen LogP contribution in [-0.2, 0) is 16.1 Å². The molecule has 0 bridgehead atoms. The van der Waals surface area contributed by atoms with Crippen LogP contribution >= 0.6 is 0 Å². The minimum absolute atomic E-state index is 0.233. The highest BCUT2D eigenvalue weighted by Crippen LogP contribution is 2.06. The summed E-state index contributed by atoms with van der Waals surface area (Å²) in [5.41, 5.74) is 2.12. The van der Waals surface area contributed by atoms with Gasteiger partial charge in [0.25, 0.3) is 0 Å². The standard InChI is InChI=1S/C17H18N2O4/c1-22-16(20)15-10-14(11-19-15)8-5-9-18-17(21)23-12-13-6-3-2-4-7-13/h2-8,10-11,19H,9,12H2,1H3,(H,18,21).